The van der Waals surface area contributed by atoms with E-state index in [0.717, 1.165) is 17.5 Å². The number of ether oxygens (including phenoxy) is 2. The predicted octanol–water partition coefficient (Wildman–Crippen LogP) is 3.63. The first-order valence-electron chi connectivity index (χ1n) is 10.1. The van der Waals surface area contributed by atoms with Crippen molar-refractivity contribution < 1.29 is 22.3 Å². The van der Waals surface area contributed by atoms with Crippen molar-refractivity contribution in [3.05, 3.63) is 53.9 Å². The van der Waals surface area contributed by atoms with Gasteiger partial charge in [0.25, 0.3) is 0 Å². The van der Waals surface area contributed by atoms with Crippen molar-refractivity contribution >= 4 is 10.0 Å². The Balaban J connectivity index is 1.57. The van der Waals surface area contributed by atoms with Crippen LogP contribution in [-0.4, -0.2) is 50.2 Å². The minimum atomic E-state index is -3.70. The lowest BCUT2D eigenvalue weighted by Gasteiger charge is -2.30. The van der Waals surface area contributed by atoms with Crippen LogP contribution < -0.4 is 9.47 Å². The summed E-state index contributed by atoms with van der Waals surface area (Å²) < 4.78 is 44.4. The molecule has 1 saturated heterocycles. The first kappa shape index (κ1) is 21.3. The third-order valence-electron chi connectivity index (χ3n) is 5.54. The van der Waals surface area contributed by atoms with E-state index in [9.17, 15) is 8.42 Å². The molecule has 2 heterocycles. The molecule has 0 amide bonds. The second-order valence-corrected chi connectivity index (χ2v) is 9.42. The lowest BCUT2D eigenvalue weighted by molar-refractivity contribution is 0.286. The quantitative estimate of drug-likeness (QED) is 0.574. The van der Waals surface area contributed by atoms with Crippen LogP contribution in [0.15, 0.2) is 51.8 Å². The molecule has 0 N–H and O–H groups in total. The Morgan fingerprint density at radius 1 is 1.06 bits per heavy atom. The molecule has 4 rings (SSSR count). The highest BCUT2D eigenvalue weighted by atomic mass is 32.2. The van der Waals surface area contributed by atoms with Crippen LogP contribution in [0.1, 0.15) is 30.2 Å². The molecule has 0 spiro atoms. The highest BCUT2D eigenvalue weighted by Crippen LogP contribution is 2.34. The molecule has 1 aromatic heterocycles. The lowest BCUT2D eigenvalue weighted by Crippen LogP contribution is -2.39. The second kappa shape index (κ2) is 8.68. The normalized spacial score (nSPS) is 17.5. The lowest BCUT2D eigenvalue weighted by atomic mass is 10.00. The number of rotatable bonds is 6. The first-order valence-corrected chi connectivity index (χ1v) is 11.5. The fraction of sp³-hybridized carbons (Fsp3) is 0.364. The van der Waals surface area contributed by atoms with Crippen LogP contribution in [0.5, 0.6) is 11.5 Å². The Labute approximate surface area is 181 Å². The van der Waals surface area contributed by atoms with Crippen LogP contribution in [0.25, 0.3) is 11.5 Å². The van der Waals surface area contributed by atoms with Crippen molar-refractivity contribution in [3.63, 3.8) is 0 Å². The maximum Gasteiger partial charge on any atom is 0.248 e. The number of aryl methyl sites for hydroxylation is 1. The average molecular weight is 444 g/mol. The SMILES string of the molecule is COc1ccc(S(=O)(=O)N2CCC[C@@H](c3nnc(-c4ccccc4C)o3)C2)cc1OC. The fourth-order valence-corrected chi connectivity index (χ4v) is 5.35. The van der Waals surface area contributed by atoms with Crippen molar-refractivity contribution in [2.24, 2.45) is 0 Å². The molecule has 9 heteroatoms. The van der Waals surface area contributed by atoms with Gasteiger partial charge >= 0.3 is 0 Å². The van der Waals surface area contributed by atoms with E-state index in [1.807, 2.05) is 31.2 Å². The zero-order valence-electron chi connectivity index (χ0n) is 17.7. The van der Waals surface area contributed by atoms with Crippen molar-refractivity contribution in [1.29, 1.82) is 0 Å². The minimum absolute atomic E-state index is 0.158. The van der Waals surface area contributed by atoms with Crippen molar-refractivity contribution in [1.82, 2.24) is 14.5 Å². The van der Waals surface area contributed by atoms with Gasteiger partial charge in [0.05, 0.1) is 25.0 Å². The van der Waals surface area contributed by atoms with Crippen LogP contribution >= 0.6 is 0 Å². The first-order chi connectivity index (χ1) is 14.9. The molecule has 2 aromatic carbocycles. The maximum absolute atomic E-state index is 13.3. The fourth-order valence-electron chi connectivity index (χ4n) is 3.81. The van der Waals surface area contributed by atoms with E-state index in [2.05, 4.69) is 10.2 Å². The summed E-state index contributed by atoms with van der Waals surface area (Å²) in [7, 11) is -0.715. The van der Waals surface area contributed by atoms with Gasteiger partial charge in [0.15, 0.2) is 11.5 Å². The summed E-state index contributed by atoms with van der Waals surface area (Å²) in [5.74, 6) is 1.61. The van der Waals surface area contributed by atoms with E-state index >= 15 is 0 Å². The number of benzene rings is 2. The van der Waals surface area contributed by atoms with E-state index in [4.69, 9.17) is 13.9 Å². The maximum atomic E-state index is 13.3. The number of piperidine rings is 1. The third kappa shape index (κ3) is 4.15. The van der Waals surface area contributed by atoms with Crippen molar-refractivity contribution in [3.8, 4) is 23.0 Å². The van der Waals surface area contributed by atoms with Gasteiger partial charge in [-0.2, -0.15) is 4.31 Å². The largest absolute Gasteiger partial charge is 0.493 e. The molecule has 0 unspecified atom stereocenters. The van der Waals surface area contributed by atoms with Gasteiger partial charge in [0, 0.05) is 24.7 Å². The summed E-state index contributed by atoms with van der Waals surface area (Å²) in [6.07, 6.45) is 1.49. The Morgan fingerprint density at radius 3 is 2.58 bits per heavy atom. The molecular formula is C22H25N3O5S. The Hall–Kier alpha value is -2.91. The van der Waals surface area contributed by atoms with Crippen LogP contribution in [-0.2, 0) is 10.0 Å². The zero-order chi connectivity index (χ0) is 22.0. The molecule has 0 bridgehead atoms. The Morgan fingerprint density at radius 2 is 1.84 bits per heavy atom. The Kier molecular flexibility index (Phi) is 5.97. The van der Waals surface area contributed by atoms with E-state index < -0.39 is 10.0 Å². The number of hydrogen-bond donors (Lipinski definition) is 0. The summed E-state index contributed by atoms with van der Waals surface area (Å²) in [6.45, 7) is 2.70. The standard InChI is InChI=1S/C22H25N3O5S/c1-15-7-4-5-9-18(15)22-24-23-21(30-22)16-8-6-12-25(14-16)31(26,27)17-10-11-19(28-2)20(13-17)29-3/h4-5,7,9-11,13,16H,6,8,12,14H2,1-3H3/t16-/m1/s1. The van der Waals surface area contributed by atoms with E-state index in [1.54, 1.807) is 6.07 Å². The van der Waals surface area contributed by atoms with Crippen LogP contribution in [0.3, 0.4) is 0 Å². The molecule has 3 aromatic rings. The van der Waals surface area contributed by atoms with Crippen LogP contribution in [0.4, 0.5) is 0 Å². The third-order valence-corrected chi connectivity index (χ3v) is 7.40. The van der Waals surface area contributed by atoms with E-state index in [1.165, 1.54) is 30.7 Å². The molecule has 0 aliphatic carbocycles. The van der Waals surface area contributed by atoms with Gasteiger partial charge in [-0.15, -0.1) is 10.2 Å². The molecular weight excluding hydrogens is 418 g/mol. The van der Waals surface area contributed by atoms with Crippen molar-refractivity contribution in [2.45, 2.75) is 30.6 Å². The molecule has 0 saturated carbocycles. The smallest absolute Gasteiger partial charge is 0.248 e. The van der Waals surface area contributed by atoms with E-state index in [-0.39, 0.29) is 17.4 Å². The molecule has 31 heavy (non-hydrogen) atoms. The van der Waals surface area contributed by atoms with Gasteiger partial charge in [-0.25, -0.2) is 8.42 Å². The number of nitrogens with zero attached hydrogens (tertiary/aromatic N) is 3. The predicted molar refractivity (Wildman–Crippen MR) is 115 cm³/mol. The van der Waals surface area contributed by atoms with Crippen molar-refractivity contribution in [2.75, 3.05) is 27.3 Å². The summed E-state index contributed by atoms with van der Waals surface area (Å²) in [4.78, 5) is 0.164. The summed E-state index contributed by atoms with van der Waals surface area (Å²) in [6, 6.07) is 12.4. The molecule has 1 fully saturated rings. The van der Waals surface area contributed by atoms with Gasteiger partial charge in [0.1, 0.15) is 0 Å². The molecule has 1 aliphatic heterocycles. The summed E-state index contributed by atoms with van der Waals surface area (Å²) in [5, 5.41) is 8.42. The second-order valence-electron chi connectivity index (χ2n) is 7.48. The van der Waals surface area contributed by atoms with Gasteiger partial charge in [-0.3, -0.25) is 0 Å². The molecule has 0 radical (unpaired) electrons. The number of hydrogen-bond acceptors (Lipinski definition) is 7. The highest BCUT2D eigenvalue weighted by Gasteiger charge is 2.34. The molecule has 8 nitrogen and oxygen atoms in total. The van der Waals surface area contributed by atoms with Crippen LogP contribution in [0.2, 0.25) is 0 Å². The van der Waals surface area contributed by atoms with Gasteiger partial charge < -0.3 is 13.9 Å². The van der Waals surface area contributed by atoms with Gasteiger partial charge in [0.2, 0.25) is 21.8 Å². The highest BCUT2D eigenvalue weighted by molar-refractivity contribution is 7.89. The number of methoxy groups -OCH3 is 2. The van der Waals surface area contributed by atoms with Gasteiger partial charge in [-0.1, -0.05) is 18.2 Å². The number of sulfonamides is 1. The zero-order valence-corrected chi connectivity index (χ0v) is 18.6. The topological polar surface area (TPSA) is 94.8 Å². The molecule has 1 aliphatic rings. The molecule has 164 valence electrons. The number of aromatic nitrogens is 2. The minimum Gasteiger partial charge on any atom is -0.493 e. The van der Waals surface area contributed by atoms with E-state index in [0.29, 0.717) is 36.2 Å². The Bertz CT molecular complexity index is 1180. The van der Waals surface area contributed by atoms with Crippen LogP contribution in [0, 0.1) is 6.92 Å². The summed E-state index contributed by atoms with van der Waals surface area (Å²) >= 11 is 0. The average Bonchev–Trinajstić information content (AvgIpc) is 3.29. The molecule has 1 atom stereocenters. The van der Waals surface area contributed by atoms with Gasteiger partial charge in [-0.05, 0) is 43.5 Å². The monoisotopic (exact) mass is 443 g/mol. The summed E-state index contributed by atoms with van der Waals surface area (Å²) in [5.41, 5.74) is 1.92.